The highest BCUT2D eigenvalue weighted by Gasteiger charge is 2.39. The quantitative estimate of drug-likeness (QED) is 0.401. The molecule has 0 heterocycles. The fourth-order valence-corrected chi connectivity index (χ4v) is 3.20. The minimum atomic E-state index is -0.824. The van der Waals surface area contributed by atoms with Gasteiger partial charge in [0.05, 0.1) is 12.2 Å². The molecule has 1 fully saturated rings. The second-order valence-electron chi connectivity index (χ2n) is 6.51. The number of carbonyl (C=O) groups is 2. The predicted molar refractivity (Wildman–Crippen MR) is 88.0 cm³/mol. The van der Waals surface area contributed by atoms with Gasteiger partial charge >= 0.3 is 5.97 Å². The molecule has 0 aromatic heterocycles. The molecule has 1 aliphatic carbocycles. The van der Waals surface area contributed by atoms with Crippen molar-refractivity contribution in [3.05, 3.63) is 12.2 Å². The number of carboxylic acids is 1. The average molecular weight is 326 g/mol. The number of unbranched alkanes of at least 4 members (excludes halogenated alkanes) is 3. The van der Waals surface area contributed by atoms with E-state index in [-0.39, 0.29) is 30.5 Å². The van der Waals surface area contributed by atoms with E-state index < -0.39 is 18.2 Å². The molecule has 0 aromatic rings. The molecule has 4 atom stereocenters. The highest BCUT2D eigenvalue weighted by molar-refractivity contribution is 5.85. The Labute approximate surface area is 138 Å². The summed E-state index contributed by atoms with van der Waals surface area (Å²) in [5.41, 5.74) is 0. The number of carboxylic acid groups (broad SMARTS) is 1. The molecule has 3 N–H and O–H groups in total. The SMILES string of the molecule is CCCCC[C@H]1[C@H](O)CC(=O)[C@H]1/C=C/[C@@H](O)CCCCC(=O)O. The van der Waals surface area contributed by atoms with Crippen LogP contribution in [0.3, 0.4) is 0 Å². The largest absolute Gasteiger partial charge is 0.481 e. The molecule has 0 spiro atoms. The number of hydrogen-bond donors (Lipinski definition) is 3. The summed E-state index contributed by atoms with van der Waals surface area (Å²) >= 11 is 0. The molecule has 1 rings (SSSR count). The van der Waals surface area contributed by atoms with Crippen LogP contribution >= 0.6 is 0 Å². The molecule has 1 saturated carbocycles. The van der Waals surface area contributed by atoms with E-state index in [1.807, 2.05) is 0 Å². The van der Waals surface area contributed by atoms with Crippen LogP contribution in [-0.4, -0.2) is 39.3 Å². The van der Waals surface area contributed by atoms with E-state index in [1.165, 1.54) is 0 Å². The second kappa shape index (κ2) is 10.6. The van der Waals surface area contributed by atoms with Gasteiger partial charge < -0.3 is 15.3 Å². The van der Waals surface area contributed by atoms with Crippen molar-refractivity contribution >= 4 is 11.8 Å². The van der Waals surface area contributed by atoms with Gasteiger partial charge in [-0.1, -0.05) is 38.3 Å². The topological polar surface area (TPSA) is 94.8 Å². The molecule has 0 radical (unpaired) electrons. The summed E-state index contributed by atoms with van der Waals surface area (Å²) in [6.07, 6.45) is 8.19. The summed E-state index contributed by atoms with van der Waals surface area (Å²) in [6.45, 7) is 2.12. The molecule has 132 valence electrons. The Balaban J connectivity index is 2.44. The van der Waals surface area contributed by atoms with E-state index in [0.717, 1.165) is 25.7 Å². The van der Waals surface area contributed by atoms with E-state index in [4.69, 9.17) is 5.11 Å². The minimum Gasteiger partial charge on any atom is -0.481 e. The van der Waals surface area contributed by atoms with Gasteiger partial charge in [0.2, 0.25) is 0 Å². The lowest BCUT2D eigenvalue weighted by molar-refractivity contribution is -0.137. The second-order valence-corrected chi connectivity index (χ2v) is 6.51. The number of Topliss-reactive ketones (excluding diaryl/α,β-unsaturated/α-hetero) is 1. The van der Waals surface area contributed by atoms with Crippen LogP contribution in [0, 0.1) is 11.8 Å². The summed E-state index contributed by atoms with van der Waals surface area (Å²) in [5, 5.41) is 28.5. The highest BCUT2D eigenvalue weighted by Crippen LogP contribution is 2.34. The van der Waals surface area contributed by atoms with Gasteiger partial charge in [-0.25, -0.2) is 0 Å². The zero-order valence-electron chi connectivity index (χ0n) is 14.0. The van der Waals surface area contributed by atoms with Crippen LogP contribution in [0.15, 0.2) is 12.2 Å². The lowest BCUT2D eigenvalue weighted by Crippen LogP contribution is -2.19. The molecule has 0 saturated heterocycles. The van der Waals surface area contributed by atoms with Crippen molar-refractivity contribution < 1.29 is 24.9 Å². The fraction of sp³-hybridized carbons (Fsp3) is 0.778. The lowest BCUT2D eigenvalue weighted by atomic mass is 9.88. The van der Waals surface area contributed by atoms with Crippen LogP contribution in [-0.2, 0) is 9.59 Å². The predicted octanol–water partition coefficient (Wildman–Crippen LogP) is 2.69. The summed E-state index contributed by atoms with van der Waals surface area (Å²) in [4.78, 5) is 22.4. The van der Waals surface area contributed by atoms with Gasteiger partial charge in [-0.15, -0.1) is 0 Å². The van der Waals surface area contributed by atoms with Gasteiger partial charge in [0, 0.05) is 18.8 Å². The Hall–Kier alpha value is -1.20. The van der Waals surface area contributed by atoms with Crippen LogP contribution < -0.4 is 0 Å². The maximum atomic E-state index is 12.0. The zero-order chi connectivity index (χ0) is 17.2. The van der Waals surface area contributed by atoms with Gasteiger partial charge in [-0.3, -0.25) is 9.59 Å². The number of hydrogen-bond acceptors (Lipinski definition) is 4. The van der Waals surface area contributed by atoms with Gasteiger partial charge in [0.1, 0.15) is 5.78 Å². The van der Waals surface area contributed by atoms with Crippen LogP contribution in [0.25, 0.3) is 0 Å². The maximum absolute atomic E-state index is 12.0. The summed E-state index contributed by atoms with van der Waals surface area (Å²) in [6, 6.07) is 0. The Kier molecular flexibility index (Phi) is 9.10. The van der Waals surface area contributed by atoms with Gasteiger partial charge in [0.15, 0.2) is 0 Å². The van der Waals surface area contributed by atoms with Crippen LogP contribution in [0.2, 0.25) is 0 Å². The number of rotatable bonds is 11. The molecule has 0 bridgehead atoms. The third kappa shape index (κ3) is 7.27. The van der Waals surface area contributed by atoms with Crippen molar-refractivity contribution in [3.8, 4) is 0 Å². The molecular formula is C18H30O5. The fourth-order valence-electron chi connectivity index (χ4n) is 3.20. The van der Waals surface area contributed by atoms with Crippen molar-refractivity contribution in [2.24, 2.45) is 11.8 Å². The number of ketones is 1. The third-order valence-corrected chi connectivity index (χ3v) is 4.56. The number of allylic oxidation sites excluding steroid dienone is 1. The van der Waals surface area contributed by atoms with Crippen molar-refractivity contribution in [1.82, 2.24) is 0 Å². The standard InChI is InChI=1S/C18H30O5/c1-2-3-4-8-14-15(17(21)12-16(14)20)11-10-13(19)7-5-6-9-18(22)23/h10-11,13-16,19-20H,2-9,12H2,1H3,(H,22,23)/b11-10+/t13-,14+,15-,16+/m0/s1. The first kappa shape index (κ1) is 19.8. The normalized spacial score (nSPS) is 26.0. The first-order valence-electron chi connectivity index (χ1n) is 8.74. The van der Waals surface area contributed by atoms with E-state index in [0.29, 0.717) is 19.3 Å². The number of carbonyl (C=O) groups excluding carboxylic acids is 1. The summed E-state index contributed by atoms with van der Waals surface area (Å²) < 4.78 is 0. The van der Waals surface area contributed by atoms with Gasteiger partial charge in [0.25, 0.3) is 0 Å². The molecule has 0 aliphatic heterocycles. The molecular weight excluding hydrogens is 296 g/mol. The van der Waals surface area contributed by atoms with E-state index in [9.17, 15) is 19.8 Å². The first-order chi connectivity index (χ1) is 11.0. The number of aliphatic hydroxyl groups excluding tert-OH is 2. The Morgan fingerprint density at radius 3 is 2.70 bits per heavy atom. The number of aliphatic hydroxyl groups is 2. The minimum absolute atomic E-state index is 0.0375. The van der Waals surface area contributed by atoms with Crippen molar-refractivity contribution in [3.63, 3.8) is 0 Å². The zero-order valence-corrected chi connectivity index (χ0v) is 14.0. The van der Waals surface area contributed by atoms with Crippen LogP contribution in [0.5, 0.6) is 0 Å². The number of aliphatic carboxylic acids is 1. The lowest BCUT2D eigenvalue weighted by Gasteiger charge is -2.18. The van der Waals surface area contributed by atoms with Crippen molar-refractivity contribution in [2.45, 2.75) is 76.9 Å². The summed E-state index contributed by atoms with van der Waals surface area (Å²) in [5.74, 6) is -1.11. The molecule has 5 heteroatoms. The highest BCUT2D eigenvalue weighted by atomic mass is 16.4. The summed E-state index contributed by atoms with van der Waals surface area (Å²) in [7, 11) is 0. The molecule has 1 aliphatic rings. The average Bonchev–Trinajstić information content (AvgIpc) is 2.75. The maximum Gasteiger partial charge on any atom is 0.303 e. The monoisotopic (exact) mass is 326 g/mol. The Morgan fingerprint density at radius 1 is 1.30 bits per heavy atom. The molecule has 23 heavy (non-hydrogen) atoms. The molecule has 0 unspecified atom stereocenters. The molecule has 5 nitrogen and oxygen atoms in total. The van der Waals surface area contributed by atoms with Crippen LogP contribution in [0.4, 0.5) is 0 Å². The van der Waals surface area contributed by atoms with E-state index in [1.54, 1.807) is 12.2 Å². The Bertz CT molecular complexity index is 404. The van der Waals surface area contributed by atoms with Gasteiger partial charge in [-0.2, -0.15) is 0 Å². The smallest absolute Gasteiger partial charge is 0.303 e. The van der Waals surface area contributed by atoms with Crippen molar-refractivity contribution in [2.75, 3.05) is 0 Å². The molecule has 0 amide bonds. The van der Waals surface area contributed by atoms with E-state index in [2.05, 4.69) is 6.92 Å². The molecule has 0 aromatic carbocycles. The van der Waals surface area contributed by atoms with Crippen LogP contribution in [0.1, 0.15) is 64.7 Å². The van der Waals surface area contributed by atoms with Crippen molar-refractivity contribution in [1.29, 1.82) is 0 Å². The van der Waals surface area contributed by atoms with E-state index >= 15 is 0 Å². The Morgan fingerprint density at radius 2 is 2.04 bits per heavy atom. The third-order valence-electron chi connectivity index (χ3n) is 4.56. The van der Waals surface area contributed by atoms with Gasteiger partial charge in [-0.05, 0) is 31.6 Å². The first-order valence-corrected chi connectivity index (χ1v) is 8.74.